The van der Waals surface area contributed by atoms with Gasteiger partial charge in [-0.1, -0.05) is 11.6 Å². The average Bonchev–Trinajstić information content (AvgIpc) is 3.70. The fourth-order valence-electron chi connectivity index (χ4n) is 7.86. The minimum atomic E-state index is -4.77. The molecular formula is C36H40ClF7N8O3. The standard InChI is InChI=1S/C34H38ClF5N8O3.C2H2F2/c1-18-25-15-46(7-5-9-48(25)44-28(18)31(49)45(2)3)30-22-16-50-26(21-10-20(41)11-23(35)27(21)34(38,39)40)12-24(22)42-32(43-30)51-17-33-6-4-8-47(33)14-19(13-33)29(36)37;1-2(3)4/h10-11,26H,4-9,12-17,41H2,1-3H3;1H2. The Morgan fingerprint density at radius 3 is 2.53 bits per heavy atom. The number of nitrogens with zero attached hydrogens (tertiary/aromatic N) is 7. The second-order valence-corrected chi connectivity index (χ2v) is 14.7. The van der Waals surface area contributed by atoms with Crippen molar-refractivity contribution >= 4 is 29.0 Å². The van der Waals surface area contributed by atoms with E-state index in [0.29, 0.717) is 61.8 Å². The molecule has 55 heavy (non-hydrogen) atoms. The SMILES string of the molecule is C=C(F)F.Cc1c(C(=O)N(C)C)nn2c1CN(c1nc(OCC34CCCN3CC(=C(F)F)C4)nc3c1COC(c1cc(N)cc(Cl)c1C(F)(F)F)C3)CCC2. The second kappa shape index (κ2) is 15.6. The molecular weight excluding hydrogens is 761 g/mol. The van der Waals surface area contributed by atoms with E-state index in [1.165, 1.54) is 11.0 Å². The van der Waals surface area contributed by atoms with Crippen molar-refractivity contribution in [3.8, 4) is 6.01 Å². The zero-order valence-corrected chi connectivity index (χ0v) is 31.1. The van der Waals surface area contributed by atoms with Crippen molar-refractivity contribution in [2.75, 3.05) is 51.0 Å². The number of aromatic nitrogens is 4. The summed E-state index contributed by atoms with van der Waals surface area (Å²) in [6, 6.07) is 2.27. The molecule has 4 aliphatic rings. The normalized spacial score (nSPS) is 20.9. The molecule has 1 amide bonds. The van der Waals surface area contributed by atoms with E-state index in [0.717, 1.165) is 23.7 Å². The number of carbonyl (C=O) groups excluding carboxylic acids is 1. The molecule has 2 saturated heterocycles. The van der Waals surface area contributed by atoms with E-state index in [9.17, 15) is 35.5 Å². The average molecular weight is 801 g/mol. The van der Waals surface area contributed by atoms with Crippen molar-refractivity contribution in [2.45, 2.75) is 76.5 Å². The van der Waals surface area contributed by atoms with Crippen LogP contribution in [0.2, 0.25) is 5.02 Å². The van der Waals surface area contributed by atoms with Crippen LogP contribution in [0.15, 0.2) is 36.4 Å². The van der Waals surface area contributed by atoms with Crippen molar-refractivity contribution in [3.63, 3.8) is 0 Å². The van der Waals surface area contributed by atoms with Crippen molar-refractivity contribution in [1.82, 2.24) is 29.5 Å². The molecule has 7 rings (SSSR count). The largest absolute Gasteiger partial charge is 0.461 e. The third kappa shape index (κ3) is 8.26. The van der Waals surface area contributed by atoms with Crippen LogP contribution < -0.4 is 15.4 Å². The third-order valence-corrected chi connectivity index (χ3v) is 10.7. The Balaban J connectivity index is 0.00000123. The predicted molar refractivity (Wildman–Crippen MR) is 189 cm³/mol. The maximum atomic E-state index is 14.3. The lowest BCUT2D eigenvalue weighted by molar-refractivity contribution is -0.139. The molecule has 0 aliphatic carbocycles. The van der Waals surface area contributed by atoms with Gasteiger partial charge in [-0.15, -0.1) is 0 Å². The molecule has 2 atom stereocenters. The maximum absolute atomic E-state index is 14.3. The molecule has 0 saturated carbocycles. The summed E-state index contributed by atoms with van der Waals surface area (Å²) < 4.78 is 105. The first-order valence-corrected chi connectivity index (χ1v) is 17.9. The Bertz CT molecular complexity index is 2020. The van der Waals surface area contributed by atoms with E-state index in [2.05, 4.69) is 11.7 Å². The number of nitrogens with two attached hydrogens (primary N) is 1. The number of rotatable bonds is 6. The Kier molecular flexibility index (Phi) is 11.4. The molecule has 4 aliphatic heterocycles. The van der Waals surface area contributed by atoms with E-state index in [1.54, 1.807) is 14.1 Å². The van der Waals surface area contributed by atoms with Gasteiger partial charge in [0.1, 0.15) is 12.4 Å². The lowest BCUT2D eigenvalue weighted by atomic mass is 9.93. The Hall–Kier alpha value is -4.42. The quantitative estimate of drug-likeness (QED) is 0.202. The molecule has 0 radical (unpaired) electrons. The summed E-state index contributed by atoms with van der Waals surface area (Å²) in [6.45, 7) is 6.28. The van der Waals surface area contributed by atoms with Gasteiger partial charge in [0.05, 0.1) is 46.8 Å². The van der Waals surface area contributed by atoms with Crippen LogP contribution in [0.4, 0.5) is 42.2 Å². The van der Waals surface area contributed by atoms with Crippen LogP contribution in [0, 0.1) is 6.92 Å². The number of benzene rings is 1. The van der Waals surface area contributed by atoms with Crippen molar-refractivity contribution < 1.29 is 45.0 Å². The van der Waals surface area contributed by atoms with Gasteiger partial charge in [0.15, 0.2) is 5.69 Å². The number of halogens is 8. The number of ether oxygens (including phenoxy) is 2. The highest BCUT2D eigenvalue weighted by molar-refractivity contribution is 6.31. The fraction of sp³-hybridized carbons (Fsp3) is 0.500. The summed E-state index contributed by atoms with van der Waals surface area (Å²) >= 11 is 6.08. The van der Waals surface area contributed by atoms with E-state index < -0.39 is 40.6 Å². The highest BCUT2D eigenvalue weighted by Gasteiger charge is 2.48. The molecule has 2 fully saturated rings. The van der Waals surface area contributed by atoms with Crippen LogP contribution in [-0.2, 0) is 37.0 Å². The topological polar surface area (TPSA) is 115 Å². The zero-order chi connectivity index (χ0) is 40.0. The van der Waals surface area contributed by atoms with Gasteiger partial charge in [0.2, 0.25) is 0 Å². The summed E-state index contributed by atoms with van der Waals surface area (Å²) in [7, 11) is 3.33. The first-order chi connectivity index (χ1) is 25.9. The molecule has 3 aromatic rings. The van der Waals surface area contributed by atoms with Gasteiger partial charge in [0, 0.05) is 62.5 Å². The fourth-order valence-corrected chi connectivity index (χ4v) is 8.20. The number of nitrogen functional groups attached to an aromatic ring is 1. The van der Waals surface area contributed by atoms with E-state index in [-0.39, 0.29) is 61.3 Å². The molecule has 2 aromatic heterocycles. The zero-order valence-electron chi connectivity index (χ0n) is 30.4. The van der Waals surface area contributed by atoms with Gasteiger partial charge in [-0.25, -0.2) is 0 Å². The molecule has 6 heterocycles. The van der Waals surface area contributed by atoms with Crippen LogP contribution in [0.5, 0.6) is 6.01 Å². The van der Waals surface area contributed by atoms with Crippen LogP contribution in [0.1, 0.15) is 75.9 Å². The van der Waals surface area contributed by atoms with Gasteiger partial charge in [-0.2, -0.15) is 45.8 Å². The van der Waals surface area contributed by atoms with Crippen LogP contribution >= 0.6 is 11.6 Å². The molecule has 2 N–H and O–H groups in total. The lowest BCUT2D eigenvalue weighted by Crippen LogP contribution is -2.43. The van der Waals surface area contributed by atoms with E-state index >= 15 is 0 Å². The third-order valence-electron chi connectivity index (χ3n) is 10.4. The van der Waals surface area contributed by atoms with Gasteiger partial charge < -0.3 is 25.0 Å². The van der Waals surface area contributed by atoms with Crippen molar-refractivity contribution in [3.05, 3.63) is 80.8 Å². The smallest absolute Gasteiger partial charge is 0.418 e. The van der Waals surface area contributed by atoms with Crippen LogP contribution in [-0.4, -0.2) is 81.3 Å². The minimum absolute atomic E-state index is 0.0108. The number of carbonyl (C=O) groups is 1. The molecule has 19 heteroatoms. The number of alkyl halides is 3. The Morgan fingerprint density at radius 1 is 1.13 bits per heavy atom. The minimum Gasteiger partial charge on any atom is -0.461 e. The van der Waals surface area contributed by atoms with Crippen LogP contribution in [0.25, 0.3) is 0 Å². The highest BCUT2D eigenvalue weighted by atomic mass is 35.5. The monoisotopic (exact) mass is 800 g/mol. The molecule has 0 bridgehead atoms. The second-order valence-electron chi connectivity index (χ2n) is 14.3. The van der Waals surface area contributed by atoms with Crippen molar-refractivity contribution in [2.24, 2.45) is 0 Å². The summed E-state index contributed by atoms with van der Waals surface area (Å²) in [6.07, 6.45) is -7.10. The molecule has 11 nitrogen and oxygen atoms in total. The Labute approximate surface area is 317 Å². The summed E-state index contributed by atoms with van der Waals surface area (Å²) in [5.41, 5.74) is 7.17. The van der Waals surface area contributed by atoms with Gasteiger partial charge in [-0.05, 0) is 63.4 Å². The summed E-state index contributed by atoms with van der Waals surface area (Å²) in [5, 5.41) is 4.08. The molecule has 0 spiro atoms. The maximum Gasteiger partial charge on any atom is 0.418 e. The number of anilines is 2. The van der Waals surface area contributed by atoms with Crippen LogP contribution in [0.3, 0.4) is 0 Å². The summed E-state index contributed by atoms with van der Waals surface area (Å²) in [5.74, 6) is 0.263. The Morgan fingerprint density at radius 2 is 1.85 bits per heavy atom. The van der Waals surface area contributed by atoms with E-state index in [1.807, 2.05) is 21.4 Å². The first kappa shape index (κ1) is 40.2. The van der Waals surface area contributed by atoms with E-state index in [4.69, 9.17) is 36.8 Å². The highest BCUT2D eigenvalue weighted by Crippen LogP contribution is 2.46. The number of hydrogen-bond donors (Lipinski definition) is 1. The van der Waals surface area contributed by atoms with Gasteiger partial charge in [-0.3, -0.25) is 14.4 Å². The predicted octanol–water partition coefficient (Wildman–Crippen LogP) is 7.33. The number of hydrogen-bond acceptors (Lipinski definition) is 9. The van der Waals surface area contributed by atoms with Gasteiger partial charge >= 0.3 is 12.2 Å². The molecule has 1 aromatic carbocycles. The first-order valence-electron chi connectivity index (χ1n) is 17.5. The lowest BCUT2D eigenvalue weighted by Gasteiger charge is -2.33. The summed E-state index contributed by atoms with van der Waals surface area (Å²) in [4.78, 5) is 27.9. The molecule has 2 unspecified atom stereocenters. The number of fused-ring (bicyclic) bond motifs is 3. The van der Waals surface area contributed by atoms with Crippen molar-refractivity contribution in [1.29, 1.82) is 0 Å². The van der Waals surface area contributed by atoms with Gasteiger partial charge in [0.25, 0.3) is 18.1 Å². The molecule has 298 valence electrons. The number of aryl methyl sites for hydroxylation is 1. The number of amides is 1.